The number of benzene rings is 6. The first-order chi connectivity index (χ1) is 31.4. The molecule has 0 aromatic heterocycles. The van der Waals surface area contributed by atoms with E-state index in [1.165, 1.54) is 59.7 Å². The van der Waals surface area contributed by atoms with Crippen molar-refractivity contribution in [1.29, 1.82) is 0 Å². The largest absolute Gasteiger partial charge is 0.478 e. The fourth-order valence-electron chi connectivity index (χ4n) is 5.52. The lowest BCUT2D eigenvalue weighted by atomic mass is 9.65. The summed E-state index contributed by atoms with van der Waals surface area (Å²) < 4.78 is 38.2. The maximum Gasteiger partial charge on any atom is 0.335 e. The zero-order valence-electron chi connectivity index (χ0n) is 39.2. The molecule has 0 heterocycles. The molecule has 0 aliphatic heterocycles. The minimum Gasteiger partial charge on any atom is -0.478 e. The van der Waals surface area contributed by atoms with Crippen molar-refractivity contribution >= 4 is 67.1 Å². The van der Waals surface area contributed by atoms with Gasteiger partial charge in [-0.3, -0.25) is 16.8 Å². The Kier molecular flexibility index (Phi) is 29.5. The van der Waals surface area contributed by atoms with Gasteiger partial charge in [0.15, 0.2) is 0 Å². The van der Waals surface area contributed by atoms with Crippen molar-refractivity contribution in [2.45, 2.75) is 19.3 Å². The van der Waals surface area contributed by atoms with Crippen LogP contribution >= 0.6 is 0 Å². The Morgan fingerprint density at radius 1 is 0.313 bits per heavy atom. The van der Waals surface area contributed by atoms with E-state index in [2.05, 4.69) is 38.1 Å². The number of aromatic carboxylic acids is 4. The molecule has 0 fully saturated rings. The van der Waals surface area contributed by atoms with E-state index in [1.54, 1.807) is 98.6 Å². The quantitative estimate of drug-likeness (QED) is 0.105. The maximum absolute atomic E-state index is 11.5. The van der Waals surface area contributed by atoms with Crippen LogP contribution in [0.5, 0.6) is 0 Å². The molecule has 6 rings (SSSR count). The molecule has 0 saturated heterocycles. The first kappa shape index (κ1) is 60.8. The summed E-state index contributed by atoms with van der Waals surface area (Å²) in [5.74, 6) is -4.45. The fourth-order valence-corrected chi connectivity index (χ4v) is 5.52. The highest BCUT2D eigenvalue weighted by atomic mass is 32.2. The summed E-state index contributed by atoms with van der Waals surface area (Å²) >= 11 is 0. The molecule has 4 N–H and O–H groups in total. The molecule has 0 radical (unpaired) electrons. The molecule has 0 spiro atoms. The molecule has 0 aliphatic carbocycles. The van der Waals surface area contributed by atoms with E-state index in [1.807, 2.05) is 36.4 Å². The molecule has 0 unspecified atom stereocenters. The van der Waals surface area contributed by atoms with Gasteiger partial charge in [-0.15, -0.1) is 0 Å². The van der Waals surface area contributed by atoms with Crippen LogP contribution in [0.1, 0.15) is 74.8 Å². The highest BCUT2D eigenvalue weighted by molar-refractivity contribution is 7.84. The molecule has 0 aliphatic rings. The third kappa shape index (κ3) is 24.8. The molecule has 0 atom stereocenters. The lowest BCUT2D eigenvalue weighted by molar-refractivity contribution is 0.0686. The minimum atomic E-state index is -1.18. The van der Waals surface area contributed by atoms with Gasteiger partial charge in [0.1, 0.15) is 0 Å². The van der Waals surface area contributed by atoms with Gasteiger partial charge in [0, 0.05) is 93.2 Å². The van der Waals surface area contributed by atoms with Crippen LogP contribution in [0.25, 0.3) is 0 Å². The number of carbonyl (C=O) groups is 4. The zero-order chi connectivity index (χ0) is 51.3. The summed E-state index contributed by atoms with van der Waals surface area (Å²) in [4.78, 5) is 46.0. The average molecular weight is 993 g/mol. The maximum atomic E-state index is 11.5. The number of hydrogen-bond acceptors (Lipinski definition) is 8. The molecule has 0 bridgehead atoms. The van der Waals surface area contributed by atoms with E-state index in [9.17, 15) is 56.4 Å². The predicted molar refractivity (Wildman–Crippen MR) is 275 cm³/mol. The Bertz CT molecular complexity index is 2170. The smallest absolute Gasteiger partial charge is 0.335 e. The summed E-state index contributed by atoms with van der Waals surface area (Å²) in [5, 5.41) is 37.6. The molecular formula is C51H60O12S4. The van der Waals surface area contributed by atoms with Crippen LogP contribution < -0.4 is 0 Å². The van der Waals surface area contributed by atoms with Crippen molar-refractivity contribution in [2.24, 2.45) is 0 Å². The predicted octanol–water partition coefficient (Wildman–Crippen LogP) is 8.83. The van der Waals surface area contributed by atoms with E-state index < -0.39 is 72.5 Å². The van der Waals surface area contributed by atoms with Gasteiger partial charge >= 0.3 is 23.9 Å². The lowest BCUT2D eigenvalue weighted by Crippen LogP contribution is -2.31. The summed E-state index contributed by atoms with van der Waals surface area (Å²) in [7, 11) is -2.44. The number of rotatable bonds is 8. The highest BCUT2D eigenvalue weighted by Gasteiger charge is 2.39. The monoisotopic (exact) mass is 992 g/mol. The molecule has 6 aromatic rings. The second kappa shape index (κ2) is 32.5. The van der Waals surface area contributed by atoms with E-state index >= 15 is 0 Å². The van der Waals surface area contributed by atoms with Crippen LogP contribution in [0.2, 0.25) is 0 Å². The summed E-state index contributed by atoms with van der Waals surface area (Å²) in [6, 6.07) is 45.1. The summed E-state index contributed by atoms with van der Waals surface area (Å²) in [5.41, 5.74) is 4.11. The van der Waals surface area contributed by atoms with Crippen LogP contribution in [0, 0.1) is 13.8 Å². The number of carboxylic acids is 4. The molecule has 6 aromatic carbocycles. The van der Waals surface area contributed by atoms with Crippen molar-refractivity contribution in [3.05, 3.63) is 213 Å². The molecule has 12 nitrogen and oxygen atoms in total. The van der Waals surface area contributed by atoms with Gasteiger partial charge in [-0.25, -0.2) is 19.2 Å². The Labute approximate surface area is 404 Å². The van der Waals surface area contributed by atoms with Gasteiger partial charge in [-0.1, -0.05) is 120 Å². The standard InChI is InChI=1S/C29H20O8.2C7H8.4C2H6OS/c30-25(31)17-1-9-21(10-2-17)29(22-11-3-18(4-12-22)26(32)33,23-13-5-19(6-14-23)27(34)35)24-15-7-20(8-16-24)28(36)37;2*1-7-5-3-2-4-6-7;4*1-4(2)3/h1-16H,(H,30,31)(H,32,33)(H,34,35)(H,36,37);2*2-6H,1H3;4*1-2H3. The fraction of sp³-hybridized carbons (Fsp3) is 0.216. The molecule has 16 heteroatoms. The van der Waals surface area contributed by atoms with Crippen molar-refractivity contribution in [3.8, 4) is 0 Å². The topological polar surface area (TPSA) is 217 Å². The van der Waals surface area contributed by atoms with Crippen LogP contribution in [0.4, 0.5) is 0 Å². The van der Waals surface area contributed by atoms with E-state index in [-0.39, 0.29) is 22.3 Å². The van der Waals surface area contributed by atoms with Crippen molar-refractivity contribution in [1.82, 2.24) is 0 Å². The summed E-state index contributed by atoms with van der Waals surface area (Å²) in [6.07, 6.45) is 13.1. The summed E-state index contributed by atoms with van der Waals surface area (Å²) in [6.45, 7) is 4.17. The van der Waals surface area contributed by atoms with Gasteiger partial charge in [0.05, 0.1) is 27.7 Å². The van der Waals surface area contributed by atoms with Crippen LogP contribution in [-0.4, -0.2) is 111 Å². The van der Waals surface area contributed by atoms with E-state index in [0.717, 1.165) is 0 Å². The zero-order valence-corrected chi connectivity index (χ0v) is 42.5. The van der Waals surface area contributed by atoms with E-state index in [4.69, 9.17) is 0 Å². The molecule has 0 amide bonds. The second-order valence-electron chi connectivity index (χ2n) is 14.6. The third-order valence-electron chi connectivity index (χ3n) is 8.14. The number of aryl methyl sites for hydroxylation is 2. The van der Waals surface area contributed by atoms with Gasteiger partial charge in [-0.2, -0.15) is 0 Å². The molecule has 0 saturated carbocycles. The minimum absolute atomic E-state index is 0.0568. The Morgan fingerprint density at radius 3 is 0.567 bits per heavy atom. The molecular weight excluding hydrogens is 933 g/mol. The molecule has 67 heavy (non-hydrogen) atoms. The number of hydrogen-bond donors (Lipinski definition) is 4. The van der Waals surface area contributed by atoms with E-state index in [0.29, 0.717) is 22.3 Å². The highest BCUT2D eigenvalue weighted by Crippen LogP contribution is 2.45. The van der Waals surface area contributed by atoms with Crippen LogP contribution in [0.15, 0.2) is 158 Å². The van der Waals surface area contributed by atoms with Gasteiger partial charge in [0.25, 0.3) is 0 Å². The first-order valence-electron chi connectivity index (χ1n) is 19.8. The van der Waals surface area contributed by atoms with Crippen LogP contribution in [-0.2, 0) is 48.6 Å². The first-order valence-corrected chi connectivity index (χ1v) is 27.6. The van der Waals surface area contributed by atoms with Crippen LogP contribution in [0.3, 0.4) is 0 Å². The second-order valence-corrected chi connectivity index (χ2v) is 20.5. The Balaban J connectivity index is 0.00000116. The SMILES string of the molecule is CS(C)=O.CS(C)=O.CS(C)=O.CS(C)=O.Cc1ccccc1.Cc1ccccc1.O=C(O)c1ccc(C(c2ccc(C(=O)O)cc2)(c2ccc(C(=O)O)cc2)c2ccc(C(=O)O)cc2)cc1. The van der Waals surface area contributed by atoms with Crippen molar-refractivity contribution in [3.63, 3.8) is 0 Å². The van der Waals surface area contributed by atoms with Gasteiger partial charge in [0.2, 0.25) is 0 Å². The van der Waals surface area contributed by atoms with Gasteiger partial charge in [-0.05, 0) is 84.6 Å². The Morgan fingerprint density at radius 2 is 0.463 bits per heavy atom. The lowest BCUT2D eigenvalue weighted by Gasteiger charge is -2.37. The normalized spacial score (nSPS) is 10.0. The van der Waals surface area contributed by atoms with Gasteiger partial charge < -0.3 is 20.4 Å². The third-order valence-corrected chi connectivity index (χ3v) is 8.14. The molecule has 360 valence electrons. The number of carboxylic acid groups (broad SMARTS) is 4. The van der Waals surface area contributed by atoms with Crippen molar-refractivity contribution < 1.29 is 56.4 Å². The average Bonchev–Trinajstić information content (AvgIpc) is 3.25. The van der Waals surface area contributed by atoms with Crippen molar-refractivity contribution in [2.75, 3.05) is 50.0 Å². The Hall–Kier alpha value is -6.20.